The number of rotatable bonds is 2. The van der Waals surface area contributed by atoms with Gasteiger partial charge in [0.1, 0.15) is 0 Å². The lowest BCUT2D eigenvalue weighted by atomic mass is 10.6. The number of nitrogens with two attached hydrogens (primary N) is 1. The monoisotopic (exact) mass is 123 g/mol. The molecule has 1 atom stereocenters. The molecular formula is H3BNO4P. The van der Waals surface area contributed by atoms with Crippen molar-refractivity contribution >= 4 is 15.9 Å². The molecule has 0 spiro atoms. The third kappa shape index (κ3) is 2.79. The van der Waals surface area contributed by atoms with Crippen LogP contribution in [0.3, 0.4) is 0 Å². The minimum Gasteiger partial charge on any atom is -0.361 e. The highest BCUT2D eigenvalue weighted by atomic mass is 31.2. The van der Waals surface area contributed by atoms with E-state index in [1.807, 2.05) is 0 Å². The van der Waals surface area contributed by atoms with Gasteiger partial charge in [0.2, 0.25) is 0 Å². The molecule has 0 aliphatic rings. The highest BCUT2D eigenvalue weighted by Gasteiger charge is 2.14. The molecule has 0 aromatic rings. The third-order valence-corrected chi connectivity index (χ3v) is 0.799. The maximum absolute atomic E-state index is 9.81. The van der Waals surface area contributed by atoms with Crippen molar-refractivity contribution in [2.45, 2.75) is 0 Å². The van der Waals surface area contributed by atoms with E-state index in [9.17, 15) is 4.57 Å². The molecule has 5 nitrogen and oxygen atoms in total. The first kappa shape index (κ1) is 7.13. The molecule has 0 rings (SSSR count). The van der Waals surface area contributed by atoms with Crippen molar-refractivity contribution < 1.29 is 18.5 Å². The fraction of sp³-hybridized carbons (Fsp3) is 0. The molecule has 0 aliphatic carbocycles. The molecule has 7 heavy (non-hydrogen) atoms. The van der Waals surface area contributed by atoms with E-state index in [4.69, 9.17) is 4.89 Å². The Bertz CT molecular complexity index is 83.7. The molecule has 0 fully saturated rings. The van der Waals surface area contributed by atoms with E-state index in [-0.39, 0.29) is 0 Å². The van der Waals surface area contributed by atoms with Crippen LogP contribution in [0.2, 0.25) is 0 Å². The smallest absolute Gasteiger partial charge is 0.361 e. The van der Waals surface area contributed by atoms with Crippen LogP contribution < -0.4 is 5.90 Å². The maximum Gasteiger partial charge on any atom is 0.473 e. The first-order chi connectivity index (χ1) is 3.12. The van der Waals surface area contributed by atoms with Crippen LogP contribution in [0, 0.1) is 0 Å². The topological polar surface area (TPSA) is 81.8 Å². The van der Waals surface area contributed by atoms with Gasteiger partial charge in [-0.05, 0) is 0 Å². The van der Waals surface area contributed by atoms with Crippen molar-refractivity contribution in [2.24, 2.45) is 5.90 Å². The number of hydrogen-bond acceptors (Lipinski definition) is 4. The zero-order valence-electron chi connectivity index (χ0n) is 3.27. The molecule has 0 heterocycles. The first-order valence-electron chi connectivity index (χ1n) is 1.22. The summed E-state index contributed by atoms with van der Waals surface area (Å²) in [7, 11) is 0.0999. The van der Waals surface area contributed by atoms with E-state index in [2.05, 4.69) is 23.0 Å². The van der Waals surface area contributed by atoms with Gasteiger partial charge < -0.3 is 9.33 Å². The van der Waals surface area contributed by atoms with E-state index >= 15 is 0 Å². The van der Waals surface area contributed by atoms with Crippen LogP contribution in [0.5, 0.6) is 0 Å². The third-order valence-electron chi connectivity index (χ3n) is 0.266. The number of phosphoric acid groups is 1. The molecular weight excluding hydrogens is 120 g/mol. The highest BCUT2D eigenvalue weighted by Crippen LogP contribution is 2.38. The maximum atomic E-state index is 9.81. The van der Waals surface area contributed by atoms with Crippen LogP contribution in [0.1, 0.15) is 0 Å². The van der Waals surface area contributed by atoms with E-state index in [0.717, 1.165) is 0 Å². The summed E-state index contributed by atoms with van der Waals surface area (Å²) in [5.41, 5.74) is 0. The summed E-state index contributed by atoms with van der Waals surface area (Å²) in [6.45, 7) is 0. The summed E-state index contributed by atoms with van der Waals surface area (Å²) < 4.78 is 16.5. The molecule has 1 unspecified atom stereocenters. The van der Waals surface area contributed by atoms with Crippen molar-refractivity contribution in [3.8, 4) is 0 Å². The Labute approximate surface area is 41.4 Å². The summed E-state index contributed by atoms with van der Waals surface area (Å²) in [6.07, 6.45) is 0. The number of hydrogen-bond donors (Lipinski definition) is 2. The van der Waals surface area contributed by atoms with Gasteiger partial charge >= 0.3 is 7.82 Å². The van der Waals surface area contributed by atoms with Crippen molar-refractivity contribution in [2.75, 3.05) is 0 Å². The quantitative estimate of drug-likeness (QED) is 0.281. The molecule has 40 valence electrons. The van der Waals surface area contributed by atoms with E-state index in [0.29, 0.717) is 0 Å². The molecule has 3 N–H and O–H groups in total. The normalized spacial score (nSPS) is 18.6. The van der Waals surface area contributed by atoms with Crippen molar-refractivity contribution in [3.63, 3.8) is 0 Å². The van der Waals surface area contributed by atoms with Crippen LogP contribution in [-0.2, 0) is 13.6 Å². The Morgan fingerprint density at radius 2 is 2.29 bits per heavy atom. The average molecular weight is 123 g/mol. The Morgan fingerprint density at radius 3 is 2.29 bits per heavy atom. The van der Waals surface area contributed by atoms with E-state index in [1.165, 1.54) is 0 Å². The molecule has 0 saturated carbocycles. The largest absolute Gasteiger partial charge is 0.473 e. The molecule has 2 radical (unpaired) electrons. The van der Waals surface area contributed by atoms with Gasteiger partial charge in [-0.2, -0.15) is 0 Å². The molecule has 7 heteroatoms. The predicted octanol–water partition coefficient (Wildman–Crippen LogP) is -0.923. The van der Waals surface area contributed by atoms with Gasteiger partial charge in [-0.1, -0.05) is 0 Å². The van der Waals surface area contributed by atoms with Gasteiger partial charge in [-0.3, -0.25) is 0 Å². The standard InChI is InChI=1S/BH3NO4P/c1-5-7(3,4)6-2/h2H2,(H,3,4). The lowest BCUT2D eigenvalue weighted by molar-refractivity contribution is 0.212. The molecule has 0 amide bonds. The molecule has 0 saturated heterocycles. The van der Waals surface area contributed by atoms with Gasteiger partial charge in [0.25, 0.3) is 8.05 Å². The van der Waals surface area contributed by atoms with Gasteiger partial charge in [0.15, 0.2) is 0 Å². The summed E-state index contributed by atoms with van der Waals surface area (Å²) in [5.74, 6) is 4.20. The fourth-order valence-electron chi connectivity index (χ4n) is 0.0248. The second-order valence-electron chi connectivity index (χ2n) is 0.679. The van der Waals surface area contributed by atoms with E-state index < -0.39 is 7.82 Å². The summed E-state index contributed by atoms with van der Waals surface area (Å²) >= 11 is 0. The summed E-state index contributed by atoms with van der Waals surface area (Å²) in [4.78, 5) is 7.99. The zero-order chi connectivity index (χ0) is 5.91. The van der Waals surface area contributed by atoms with Crippen LogP contribution in [0.25, 0.3) is 0 Å². The van der Waals surface area contributed by atoms with Crippen LogP contribution in [0.15, 0.2) is 0 Å². The van der Waals surface area contributed by atoms with E-state index in [1.54, 1.807) is 0 Å². The molecule has 0 aromatic carbocycles. The minimum absolute atomic E-state index is 3.35. The minimum atomic E-state index is -4.10. The zero-order valence-corrected chi connectivity index (χ0v) is 4.17. The first-order valence-corrected chi connectivity index (χ1v) is 2.71. The second-order valence-corrected chi connectivity index (χ2v) is 2.04. The van der Waals surface area contributed by atoms with Crippen molar-refractivity contribution in [3.05, 3.63) is 0 Å². The fourth-order valence-corrected chi connectivity index (χ4v) is 0.0745. The lowest BCUT2D eigenvalue weighted by Gasteiger charge is -2.01. The van der Waals surface area contributed by atoms with Gasteiger partial charge in [0.05, 0.1) is 0 Å². The Hall–Kier alpha value is 0.135. The second kappa shape index (κ2) is 2.44. The summed E-state index contributed by atoms with van der Waals surface area (Å²) in [6, 6.07) is 0. The Kier molecular flexibility index (Phi) is 2.49. The highest BCUT2D eigenvalue weighted by molar-refractivity contribution is 7.48. The van der Waals surface area contributed by atoms with Gasteiger partial charge in [-0.15, -0.1) is 0 Å². The average Bonchev–Trinajstić information content (AvgIpc) is 1.68. The van der Waals surface area contributed by atoms with Gasteiger partial charge in [0, 0.05) is 0 Å². The Morgan fingerprint density at radius 1 is 1.86 bits per heavy atom. The molecule has 0 aliphatic heterocycles. The van der Waals surface area contributed by atoms with Crippen LogP contribution in [0.4, 0.5) is 0 Å². The molecule has 0 bridgehead atoms. The van der Waals surface area contributed by atoms with Crippen molar-refractivity contribution in [1.29, 1.82) is 0 Å². The predicted molar refractivity (Wildman–Crippen MR) is 21.9 cm³/mol. The molecule has 0 aromatic heterocycles. The van der Waals surface area contributed by atoms with Crippen LogP contribution >= 0.6 is 7.82 Å². The van der Waals surface area contributed by atoms with Crippen molar-refractivity contribution in [1.82, 2.24) is 0 Å². The lowest BCUT2D eigenvalue weighted by Crippen LogP contribution is -1.97. The summed E-state index contributed by atoms with van der Waals surface area (Å²) in [5, 5.41) is 0. The van der Waals surface area contributed by atoms with Crippen LogP contribution in [-0.4, -0.2) is 12.9 Å². The SMILES string of the molecule is [B]OP(=O)(O)ON. The van der Waals surface area contributed by atoms with Gasteiger partial charge in [-0.25, -0.2) is 15.1 Å². The Balaban J connectivity index is 3.61.